The van der Waals surface area contributed by atoms with Gasteiger partial charge in [0.2, 0.25) is 0 Å². The van der Waals surface area contributed by atoms with Gasteiger partial charge < -0.3 is 4.74 Å². The first-order valence-electron chi connectivity index (χ1n) is 7.72. The topological polar surface area (TPSA) is 22.1 Å². The van der Waals surface area contributed by atoms with Gasteiger partial charge in [0.25, 0.3) is 0 Å². The van der Waals surface area contributed by atoms with Gasteiger partial charge in [-0.15, -0.1) is 11.3 Å². The first-order valence-corrected chi connectivity index (χ1v) is 9.29. The molecule has 2 nitrogen and oxygen atoms in total. The Labute approximate surface area is 159 Å². The fraction of sp³-hybridized carbons (Fsp3) is 0.0500. The molecule has 0 saturated carbocycles. The molecule has 25 heavy (non-hydrogen) atoms. The average Bonchev–Trinajstić information content (AvgIpc) is 3.07. The van der Waals surface area contributed by atoms with E-state index < -0.39 is 0 Å². The predicted molar refractivity (Wildman–Crippen MR) is 106 cm³/mol. The molecule has 0 spiro atoms. The number of aromatic nitrogens is 1. The highest BCUT2D eigenvalue weighted by atomic mass is 35.5. The van der Waals surface area contributed by atoms with Crippen molar-refractivity contribution in [2.24, 2.45) is 0 Å². The van der Waals surface area contributed by atoms with Crippen LogP contribution in [0, 0.1) is 0 Å². The van der Waals surface area contributed by atoms with E-state index in [9.17, 15) is 0 Å². The number of ether oxygens (including phenoxy) is 1. The maximum atomic E-state index is 6.17. The molecule has 0 unspecified atom stereocenters. The summed E-state index contributed by atoms with van der Waals surface area (Å²) in [5, 5.41) is 1.93. The zero-order valence-electron chi connectivity index (χ0n) is 13.1. The molecule has 0 atom stereocenters. The molecule has 0 fully saturated rings. The number of nitrogens with zero attached hydrogens (tertiary/aromatic N) is 1. The van der Waals surface area contributed by atoms with E-state index in [0.717, 1.165) is 21.7 Å². The van der Waals surface area contributed by atoms with E-state index in [1.165, 1.54) is 4.70 Å². The van der Waals surface area contributed by atoms with Crippen LogP contribution in [0.25, 0.3) is 20.8 Å². The van der Waals surface area contributed by atoms with Crippen molar-refractivity contribution in [2.45, 2.75) is 6.61 Å². The lowest BCUT2D eigenvalue weighted by atomic mass is 10.1. The van der Waals surface area contributed by atoms with E-state index in [4.69, 9.17) is 32.9 Å². The SMILES string of the molecule is Clc1cccc(OCc2cccc(-c3nc4ccccc4s3)c2)c1Cl. The van der Waals surface area contributed by atoms with Crippen LogP contribution in [0.15, 0.2) is 66.7 Å². The van der Waals surface area contributed by atoms with Crippen molar-refractivity contribution in [1.29, 1.82) is 0 Å². The highest BCUT2D eigenvalue weighted by Crippen LogP contribution is 2.33. The molecular weight excluding hydrogens is 373 g/mol. The molecule has 0 saturated heterocycles. The highest BCUT2D eigenvalue weighted by Gasteiger charge is 2.08. The van der Waals surface area contributed by atoms with Crippen molar-refractivity contribution < 1.29 is 4.74 Å². The largest absolute Gasteiger partial charge is 0.487 e. The molecule has 0 N–H and O–H groups in total. The first kappa shape index (κ1) is 16.4. The van der Waals surface area contributed by atoms with Crippen molar-refractivity contribution in [3.8, 4) is 16.3 Å². The Balaban J connectivity index is 1.58. The van der Waals surface area contributed by atoms with Gasteiger partial charge in [0.15, 0.2) is 0 Å². The Morgan fingerprint density at radius 2 is 1.76 bits per heavy atom. The minimum Gasteiger partial charge on any atom is -0.487 e. The van der Waals surface area contributed by atoms with Crippen molar-refractivity contribution in [1.82, 2.24) is 4.98 Å². The summed E-state index contributed by atoms with van der Waals surface area (Å²) >= 11 is 13.9. The van der Waals surface area contributed by atoms with Crippen LogP contribution in [-0.2, 0) is 6.61 Å². The van der Waals surface area contributed by atoms with Crippen molar-refractivity contribution >= 4 is 44.8 Å². The lowest BCUT2D eigenvalue weighted by Gasteiger charge is -2.09. The lowest BCUT2D eigenvalue weighted by Crippen LogP contribution is -1.96. The molecule has 5 heteroatoms. The van der Waals surface area contributed by atoms with Crippen LogP contribution in [0.3, 0.4) is 0 Å². The Hall–Kier alpha value is -2.07. The van der Waals surface area contributed by atoms with Gasteiger partial charge in [-0.1, -0.05) is 59.6 Å². The summed E-state index contributed by atoms with van der Waals surface area (Å²) in [5.41, 5.74) is 3.15. The smallest absolute Gasteiger partial charge is 0.139 e. The highest BCUT2D eigenvalue weighted by molar-refractivity contribution is 7.21. The number of fused-ring (bicyclic) bond motifs is 1. The van der Waals surface area contributed by atoms with Crippen molar-refractivity contribution in [3.05, 3.63) is 82.3 Å². The maximum absolute atomic E-state index is 6.17. The molecule has 4 aromatic rings. The van der Waals surface area contributed by atoms with Gasteiger partial charge >= 0.3 is 0 Å². The molecule has 0 radical (unpaired) electrons. The number of thiazole rings is 1. The molecule has 124 valence electrons. The molecule has 4 rings (SSSR count). The van der Waals surface area contributed by atoms with E-state index >= 15 is 0 Å². The summed E-state index contributed by atoms with van der Waals surface area (Å²) in [6, 6.07) is 21.7. The van der Waals surface area contributed by atoms with Gasteiger partial charge in [-0.05, 0) is 35.9 Å². The molecule has 0 aliphatic rings. The Kier molecular flexibility index (Phi) is 4.62. The van der Waals surface area contributed by atoms with E-state index in [1.807, 2.05) is 42.5 Å². The van der Waals surface area contributed by atoms with Gasteiger partial charge in [0.05, 0.1) is 15.2 Å². The molecule has 1 heterocycles. The Morgan fingerprint density at radius 1 is 0.920 bits per heavy atom. The molecule has 0 amide bonds. The van der Waals surface area contributed by atoms with Crippen LogP contribution in [0.4, 0.5) is 0 Å². The number of para-hydroxylation sites is 1. The molecule has 0 aliphatic carbocycles. The third-order valence-corrected chi connectivity index (χ3v) is 5.67. The molecule has 3 aromatic carbocycles. The Morgan fingerprint density at radius 3 is 2.64 bits per heavy atom. The van der Waals surface area contributed by atoms with Gasteiger partial charge in [-0.2, -0.15) is 0 Å². The quantitative estimate of drug-likeness (QED) is 0.383. The third-order valence-electron chi connectivity index (χ3n) is 3.78. The zero-order chi connectivity index (χ0) is 17.2. The van der Waals surface area contributed by atoms with E-state index in [1.54, 1.807) is 17.4 Å². The summed E-state index contributed by atoms with van der Waals surface area (Å²) < 4.78 is 7.01. The summed E-state index contributed by atoms with van der Waals surface area (Å²) in [5.74, 6) is 0.583. The van der Waals surface area contributed by atoms with Crippen LogP contribution in [0.1, 0.15) is 5.56 Å². The first-order chi connectivity index (χ1) is 12.2. The molecular formula is C20H13Cl2NOS. The third kappa shape index (κ3) is 3.49. The summed E-state index contributed by atoms with van der Waals surface area (Å²) in [6.07, 6.45) is 0. The summed E-state index contributed by atoms with van der Waals surface area (Å²) in [6.45, 7) is 0.415. The monoisotopic (exact) mass is 385 g/mol. The van der Waals surface area contributed by atoms with E-state index in [2.05, 4.69) is 18.2 Å². The van der Waals surface area contributed by atoms with Crippen LogP contribution in [-0.4, -0.2) is 4.98 Å². The zero-order valence-corrected chi connectivity index (χ0v) is 15.4. The second-order valence-corrected chi connectivity index (χ2v) is 7.34. The standard InChI is InChI=1S/C20H13Cl2NOS/c21-15-7-4-9-17(19(15)22)24-12-13-5-3-6-14(11-13)20-23-16-8-1-2-10-18(16)25-20/h1-11H,12H2. The molecule has 0 bridgehead atoms. The second-order valence-electron chi connectivity index (χ2n) is 5.53. The van der Waals surface area contributed by atoms with Gasteiger partial charge in [0, 0.05) is 5.56 Å². The van der Waals surface area contributed by atoms with Crippen LogP contribution < -0.4 is 4.74 Å². The minimum absolute atomic E-state index is 0.415. The molecule has 0 aliphatic heterocycles. The Bertz CT molecular complexity index is 1010. The molecule has 1 aromatic heterocycles. The average molecular weight is 386 g/mol. The van der Waals surface area contributed by atoms with Gasteiger partial charge in [-0.3, -0.25) is 0 Å². The van der Waals surface area contributed by atoms with Crippen LogP contribution >= 0.6 is 34.5 Å². The normalized spacial score (nSPS) is 11.0. The minimum atomic E-state index is 0.415. The predicted octanol–water partition coefficient (Wildman–Crippen LogP) is 6.85. The van der Waals surface area contributed by atoms with Gasteiger partial charge in [-0.25, -0.2) is 4.98 Å². The van der Waals surface area contributed by atoms with Crippen molar-refractivity contribution in [2.75, 3.05) is 0 Å². The summed E-state index contributed by atoms with van der Waals surface area (Å²) in [7, 11) is 0. The van der Waals surface area contributed by atoms with Crippen LogP contribution in [0.5, 0.6) is 5.75 Å². The maximum Gasteiger partial charge on any atom is 0.139 e. The lowest BCUT2D eigenvalue weighted by molar-refractivity contribution is 0.306. The number of rotatable bonds is 4. The van der Waals surface area contributed by atoms with Gasteiger partial charge in [0.1, 0.15) is 22.4 Å². The number of hydrogen-bond donors (Lipinski definition) is 0. The second kappa shape index (κ2) is 7.04. The number of benzene rings is 3. The van der Waals surface area contributed by atoms with Crippen molar-refractivity contribution in [3.63, 3.8) is 0 Å². The number of hydrogen-bond acceptors (Lipinski definition) is 3. The summed E-state index contributed by atoms with van der Waals surface area (Å²) in [4.78, 5) is 4.71. The van der Waals surface area contributed by atoms with E-state index in [-0.39, 0.29) is 0 Å². The fourth-order valence-electron chi connectivity index (χ4n) is 2.55. The number of halogens is 2. The van der Waals surface area contributed by atoms with Crippen LogP contribution in [0.2, 0.25) is 10.0 Å². The van der Waals surface area contributed by atoms with E-state index in [0.29, 0.717) is 22.4 Å². The fourth-order valence-corrected chi connectivity index (χ4v) is 3.85.